The normalized spacial score (nSPS) is 31.7. The summed E-state index contributed by atoms with van der Waals surface area (Å²) in [5, 5.41) is 0. The molecule has 2 saturated carbocycles. The van der Waals surface area contributed by atoms with E-state index < -0.39 is 0 Å². The number of fused-ring (bicyclic) bond motifs is 4. The molecule has 304 valence electrons. The van der Waals surface area contributed by atoms with Crippen LogP contribution >= 0.6 is 0 Å². The summed E-state index contributed by atoms with van der Waals surface area (Å²) in [5.41, 5.74) is 1.30. The highest BCUT2D eigenvalue weighted by Gasteiger charge is 2.43. The average Bonchev–Trinajstić information content (AvgIpc) is 3.64. The first-order valence-corrected chi connectivity index (χ1v) is 22.5. The van der Waals surface area contributed by atoms with Gasteiger partial charge in [0.15, 0.2) is 0 Å². The summed E-state index contributed by atoms with van der Waals surface area (Å²) in [7, 11) is 0. The van der Waals surface area contributed by atoms with Crippen molar-refractivity contribution < 1.29 is 9.59 Å². The summed E-state index contributed by atoms with van der Waals surface area (Å²) < 4.78 is 0. The van der Waals surface area contributed by atoms with Crippen molar-refractivity contribution in [2.75, 3.05) is 36.0 Å². The van der Waals surface area contributed by atoms with Gasteiger partial charge < -0.3 is 14.7 Å². The third-order valence-corrected chi connectivity index (χ3v) is 14.9. The first kappa shape index (κ1) is 39.4. The number of hydrogen-bond donors (Lipinski definition) is 0. The van der Waals surface area contributed by atoms with Crippen LogP contribution in [0.3, 0.4) is 0 Å². The molecule has 2 aromatic rings. The zero-order valence-corrected chi connectivity index (χ0v) is 35.2. The van der Waals surface area contributed by atoms with Crippen molar-refractivity contribution >= 4 is 23.2 Å². The number of rotatable bonds is 12. The minimum Gasteiger partial charge on any atom is -0.371 e. The van der Waals surface area contributed by atoms with E-state index in [-0.39, 0.29) is 23.7 Å². The van der Waals surface area contributed by atoms with E-state index >= 15 is 0 Å². The van der Waals surface area contributed by atoms with Gasteiger partial charge in [0.2, 0.25) is 0 Å². The van der Waals surface area contributed by atoms with E-state index in [9.17, 15) is 9.59 Å². The second-order valence-electron chi connectivity index (χ2n) is 19.1. The molecule has 0 radical (unpaired) electrons. The van der Waals surface area contributed by atoms with Gasteiger partial charge in [-0.05, 0) is 116 Å². The Balaban J connectivity index is 0.812. The molecule has 6 heterocycles. The number of ketones is 2. The minimum absolute atomic E-state index is 0.0297. The number of allylic oxidation sites excluding steroid dienone is 2. The highest BCUT2D eigenvalue weighted by atomic mass is 16.1. The molecule has 2 aromatic heterocycles. The number of hydrogen-bond acceptors (Lipinski definition) is 10. The van der Waals surface area contributed by atoms with Gasteiger partial charge in [-0.25, -0.2) is 19.9 Å². The molecule has 6 fully saturated rings. The van der Waals surface area contributed by atoms with Gasteiger partial charge in [0.1, 0.15) is 34.9 Å². The minimum atomic E-state index is 0.0297. The van der Waals surface area contributed by atoms with Crippen LogP contribution in [0.5, 0.6) is 0 Å². The summed E-state index contributed by atoms with van der Waals surface area (Å²) in [6, 6.07) is 6.78. The molecular weight excluding hydrogens is 697 g/mol. The fraction of sp³-hybridized carbons (Fsp3) is 0.739. The molecular formula is C46H68N8O2. The Labute approximate surface area is 336 Å². The monoisotopic (exact) mass is 765 g/mol. The van der Waals surface area contributed by atoms with Crippen molar-refractivity contribution in [3.8, 4) is 0 Å². The third kappa shape index (κ3) is 8.15. The van der Waals surface area contributed by atoms with Crippen molar-refractivity contribution in [2.24, 2.45) is 23.7 Å². The molecule has 4 aliphatic heterocycles. The van der Waals surface area contributed by atoms with Crippen LogP contribution in [0.1, 0.15) is 148 Å². The lowest BCUT2D eigenvalue weighted by atomic mass is 9.76. The number of aromatic nitrogens is 4. The van der Waals surface area contributed by atoms with Crippen LogP contribution in [-0.4, -0.2) is 97.7 Å². The zero-order chi connectivity index (χ0) is 39.1. The summed E-state index contributed by atoms with van der Waals surface area (Å²) >= 11 is 0. The lowest BCUT2D eigenvalue weighted by Crippen LogP contribution is -2.55. The molecule has 56 heavy (non-hydrogen) atoms. The molecule has 10 heteroatoms. The van der Waals surface area contributed by atoms with Crippen LogP contribution in [0.2, 0.25) is 0 Å². The quantitative estimate of drug-likeness (QED) is 0.212. The fourth-order valence-electron chi connectivity index (χ4n) is 11.4. The summed E-state index contributed by atoms with van der Waals surface area (Å²) in [5.74, 6) is 6.17. The van der Waals surface area contributed by atoms with Crippen LogP contribution in [0.15, 0.2) is 36.3 Å². The highest BCUT2D eigenvalue weighted by Crippen LogP contribution is 2.41. The van der Waals surface area contributed by atoms with E-state index in [2.05, 4.69) is 65.5 Å². The van der Waals surface area contributed by atoms with E-state index in [1.165, 1.54) is 31.4 Å². The van der Waals surface area contributed by atoms with E-state index in [0.717, 1.165) is 107 Å². The van der Waals surface area contributed by atoms with Gasteiger partial charge >= 0.3 is 0 Å². The SMILES string of the molecule is C/C(=C\CC(C)C(=O)C1CCC(c2nccc(N3C4CCC3CN(C(C)C)C4)n2)CC1)N1CC2CCC(C1)N2c1ccnc(C2CCC(C(=O)C(C)C)CC2)n1. The first-order valence-electron chi connectivity index (χ1n) is 22.5. The van der Waals surface area contributed by atoms with Gasteiger partial charge in [-0.3, -0.25) is 14.5 Å². The van der Waals surface area contributed by atoms with Crippen LogP contribution in [0.25, 0.3) is 0 Å². The van der Waals surface area contributed by atoms with E-state index in [4.69, 9.17) is 19.9 Å². The van der Waals surface area contributed by atoms with Crippen LogP contribution in [0, 0.1) is 23.7 Å². The lowest BCUT2D eigenvalue weighted by Gasteiger charge is -2.43. The molecule has 4 saturated heterocycles. The van der Waals surface area contributed by atoms with Crippen molar-refractivity contribution in [1.82, 2.24) is 29.7 Å². The summed E-state index contributed by atoms with van der Waals surface area (Å²) in [4.78, 5) is 56.6. The maximum Gasteiger partial charge on any atom is 0.139 e. The van der Waals surface area contributed by atoms with Crippen LogP contribution < -0.4 is 9.80 Å². The topological polar surface area (TPSA) is 98.7 Å². The fourth-order valence-corrected chi connectivity index (χ4v) is 11.4. The largest absolute Gasteiger partial charge is 0.371 e. The summed E-state index contributed by atoms with van der Waals surface area (Å²) in [6.45, 7) is 17.3. The van der Waals surface area contributed by atoms with Crippen molar-refractivity contribution in [1.29, 1.82) is 0 Å². The molecule has 0 aromatic carbocycles. The average molecular weight is 765 g/mol. The molecule has 0 spiro atoms. The van der Waals surface area contributed by atoms with Crippen molar-refractivity contribution in [3.63, 3.8) is 0 Å². The number of likely N-dealkylation sites (tertiary alicyclic amines) is 2. The van der Waals surface area contributed by atoms with Gasteiger partial charge in [-0.2, -0.15) is 0 Å². The Morgan fingerprint density at radius 2 is 1.09 bits per heavy atom. The van der Waals surface area contributed by atoms with Gasteiger partial charge in [-0.15, -0.1) is 0 Å². The number of piperazine rings is 2. The van der Waals surface area contributed by atoms with E-state index in [1.54, 1.807) is 0 Å². The van der Waals surface area contributed by atoms with Gasteiger partial charge in [-0.1, -0.05) is 26.8 Å². The summed E-state index contributed by atoms with van der Waals surface area (Å²) in [6.07, 6.45) is 19.7. The lowest BCUT2D eigenvalue weighted by molar-refractivity contribution is -0.127. The van der Waals surface area contributed by atoms with Gasteiger partial charge in [0.05, 0.1) is 0 Å². The van der Waals surface area contributed by atoms with Crippen molar-refractivity contribution in [2.45, 2.75) is 167 Å². The Kier molecular flexibility index (Phi) is 11.8. The number of carbonyl (C=O) groups is 2. The molecule has 0 N–H and O–H groups in total. The molecule has 5 atom stereocenters. The maximum absolute atomic E-state index is 13.8. The molecule has 8 rings (SSSR count). The second-order valence-corrected chi connectivity index (χ2v) is 19.1. The Morgan fingerprint density at radius 3 is 1.54 bits per heavy atom. The highest BCUT2D eigenvalue weighted by molar-refractivity contribution is 5.83. The maximum atomic E-state index is 13.8. The van der Waals surface area contributed by atoms with Gasteiger partial charge in [0, 0.05) is 110 Å². The van der Waals surface area contributed by atoms with E-state index in [1.807, 2.05) is 26.2 Å². The van der Waals surface area contributed by atoms with Crippen LogP contribution in [-0.2, 0) is 9.59 Å². The zero-order valence-electron chi connectivity index (χ0n) is 35.2. The first-order chi connectivity index (χ1) is 27.0. The smallest absolute Gasteiger partial charge is 0.139 e. The Hall–Kier alpha value is -3.40. The van der Waals surface area contributed by atoms with Crippen molar-refractivity contribution in [3.05, 3.63) is 47.9 Å². The Bertz CT molecular complexity index is 1700. The Morgan fingerprint density at radius 1 is 0.643 bits per heavy atom. The molecule has 0 amide bonds. The van der Waals surface area contributed by atoms with E-state index in [0.29, 0.717) is 53.6 Å². The predicted octanol–water partition coefficient (Wildman–Crippen LogP) is 7.95. The van der Waals surface area contributed by atoms with Crippen LogP contribution in [0.4, 0.5) is 11.6 Å². The predicted molar refractivity (Wildman–Crippen MR) is 223 cm³/mol. The molecule has 6 aliphatic rings. The number of Topliss-reactive ketones (excluding diaryl/α,β-unsaturated/α-hetero) is 2. The molecule has 2 aliphatic carbocycles. The standard InChI is InChI=1S/C46H68N8O2/c1-29(2)43(55)33-9-13-35(14-10-33)45-47-24-22-42(50-45)54-39-19-20-40(54)28-52(27-39)32(6)8-7-31(5)44(56)34-11-15-36(16-12-34)46-48-23-21-41(49-46)53-37-17-18-38(53)26-51(25-37)30(3)4/h8,21-24,29-31,33-40H,7,9-20,25-28H2,1-6H3/b32-8+. The number of nitrogens with zero attached hydrogens (tertiary/aromatic N) is 8. The second kappa shape index (κ2) is 16.8. The third-order valence-electron chi connectivity index (χ3n) is 14.9. The van der Waals surface area contributed by atoms with Gasteiger partial charge in [0.25, 0.3) is 0 Å². The molecule has 10 nitrogen and oxygen atoms in total. The molecule has 4 bridgehead atoms. The molecule has 5 unspecified atom stereocenters. The number of carbonyl (C=O) groups excluding carboxylic acids is 2. The number of anilines is 2.